The quantitative estimate of drug-likeness (QED) is 0.149. The van der Waals surface area contributed by atoms with Crippen LogP contribution in [-0.4, -0.2) is 183 Å². The van der Waals surface area contributed by atoms with Crippen LogP contribution in [-0.2, 0) is 65.1 Å². The molecule has 5 heterocycles. The zero-order valence-corrected chi connectivity index (χ0v) is 35.5. The van der Waals surface area contributed by atoms with E-state index in [4.69, 9.17) is 82.9 Å². The lowest BCUT2D eigenvalue weighted by molar-refractivity contribution is -0.235. The standard InChI is InChI=1S/C16H29B2O9P.C8H14BO6P.C8H15BO3.H2O/c1-8(2)22-6-11-10(5-13(17)25-11)27-28(20,21)23-7-12-15(24-9(3)4)14(19)16(18)26-12;1-4(2)13-6-5-3-12-16(10,11)15-7(6)8(9)14-5;1-5(2)11-4-7-6(10)3-8(9)12-7;/h8-16,19H,5-7H2,1-4H3,(H,20,21);4-8H,3H2,1-2H3,(H,10,11);5-8,10H,3-4H2,1-2H3;1H2/p-3/t10?,11-,12-,13-,14-,15?,16-;5-,6?,7-,8-;6?,7-,8-;/m111./s1. The van der Waals surface area contributed by atoms with Gasteiger partial charge in [-0.25, -0.2) is 0 Å². The molecule has 0 aliphatic carbocycles. The zero-order chi connectivity index (χ0) is 42.1. The summed E-state index contributed by atoms with van der Waals surface area (Å²) in [7, 11) is 13.5. The fourth-order valence-corrected chi connectivity index (χ4v) is 7.94. The minimum absolute atomic E-state index is 0. The van der Waals surface area contributed by atoms with Gasteiger partial charge >= 0.3 is 0 Å². The largest absolute Gasteiger partial charge is 0.870 e. The molecule has 0 spiro atoms. The van der Waals surface area contributed by atoms with Crippen LogP contribution < -0.4 is 9.79 Å². The SMILES string of the molecule is [B][C@@H]1O[C@@H]2COP(=O)([O-])O[C@@H]1C2OC(C)C.[B][C@@H]1O[C@H](COP(=O)([O-])OC2C[C@H]([B])O[C@@H]2COC(C)C)C(OC(C)C)[C@H]1O.[B][C@H]1CC(O)[C@@H](COC(C)C)O1.[OH-]. The molecule has 0 aromatic carbocycles. The van der Waals surface area contributed by atoms with Gasteiger partial charge in [-0.1, -0.05) is 0 Å². The molecule has 3 N–H and O–H groups in total. The van der Waals surface area contributed by atoms with Gasteiger partial charge in [0.2, 0.25) is 0 Å². The summed E-state index contributed by atoms with van der Waals surface area (Å²) in [5.74, 6) is 0. The smallest absolute Gasteiger partial charge is 0.268 e. The van der Waals surface area contributed by atoms with E-state index >= 15 is 0 Å². The van der Waals surface area contributed by atoms with E-state index in [0.29, 0.717) is 13.0 Å². The van der Waals surface area contributed by atoms with Gasteiger partial charge in [0, 0.05) is 24.0 Å². The van der Waals surface area contributed by atoms with Crippen LogP contribution >= 0.6 is 15.6 Å². The highest BCUT2D eigenvalue weighted by atomic mass is 31.2. The van der Waals surface area contributed by atoms with E-state index in [1.165, 1.54) is 0 Å². The first-order valence-electron chi connectivity index (χ1n) is 18.8. The van der Waals surface area contributed by atoms with Gasteiger partial charge < -0.3 is 81.5 Å². The number of aliphatic hydroxyl groups is 2. The van der Waals surface area contributed by atoms with Crippen molar-refractivity contribution in [1.29, 1.82) is 0 Å². The van der Waals surface area contributed by atoms with Gasteiger partial charge in [-0.2, -0.15) is 0 Å². The zero-order valence-electron chi connectivity index (χ0n) is 33.7. The van der Waals surface area contributed by atoms with Crippen molar-refractivity contribution < 1.29 is 90.6 Å². The summed E-state index contributed by atoms with van der Waals surface area (Å²) in [5.41, 5.74) is 0. The first-order chi connectivity index (χ1) is 26.0. The van der Waals surface area contributed by atoms with Gasteiger partial charge in [0.05, 0.1) is 63.1 Å². The number of ether oxygens (including phenoxy) is 8. The molecule has 5 aliphatic rings. The van der Waals surface area contributed by atoms with E-state index in [0.717, 1.165) is 0 Å². The van der Waals surface area contributed by atoms with Crippen molar-refractivity contribution in [1.82, 2.24) is 0 Å². The Morgan fingerprint density at radius 3 is 1.84 bits per heavy atom. The summed E-state index contributed by atoms with van der Waals surface area (Å²) >= 11 is 0. The summed E-state index contributed by atoms with van der Waals surface area (Å²) in [4.78, 5) is 23.5. The number of aliphatic hydroxyl groups excluding tert-OH is 2. The molecular weight excluding hydrogens is 794 g/mol. The highest BCUT2D eigenvalue weighted by molar-refractivity contribution is 7.46. The number of phosphoric acid groups is 2. The van der Waals surface area contributed by atoms with Gasteiger partial charge in [0.1, 0.15) is 80.2 Å². The van der Waals surface area contributed by atoms with Crippen molar-refractivity contribution in [3.8, 4) is 0 Å². The maximum Gasteiger partial charge on any atom is 0.268 e. The predicted molar refractivity (Wildman–Crippen MR) is 200 cm³/mol. The Morgan fingerprint density at radius 2 is 1.30 bits per heavy atom. The molecule has 0 saturated carbocycles. The van der Waals surface area contributed by atoms with Gasteiger partial charge in [0.15, 0.2) is 0 Å². The Hall–Kier alpha value is 0.0397. The first-order valence-corrected chi connectivity index (χ1v) is 21.7. The van der Waals surface area contributed by atoms with Crippen molar-refractivity contribution in [3.63, 3.8) is 0 Å². The lowest BCUT2D eigenvalue weighted by Crippen LogP contribution is -2.39. The molecule has 0 aromatic heterocycles. The van der Waals surface area contributed by atoms with E-state index in [-0.39, 0.29) is 61.6 Å². The van der Waals surface area contributed by atoms with Gasteiger partial charge in [-0.05, 0) is 68.2 Å². The fraction of sp³-hybridized carbons (Fsp3) is 1.00. The maximum atomic E-state index is 12.3. The summed E-state index contributed by atoms with van der Waals surface area (Å²) in [6.45, 7) is 14.9. The van der Waals surface area contributed by atoms with Gasteiger partial charge in [0.25, 0.3) is 15.6 Å². The predicted octanol–water partition coefficient (Wildman–Crippen LogP) is -0.951. The second-order valence-corrected chi connectivity index (χ2v) is 17.7. The van der Waals surface area contributed by atoms with Gasteiger partial charge in [-0.15, -0.1) is 0 Å². The molecule has 5 saturated heterocycles. The van der Waals surface area contributed by atoms with Crippen molar-refractivity contribution in [2.45, 2.75) is 178 Å². The maximum absolute atomic E-state index is 12.3. The molecule has 16 atom stereocenters. The van der Waals surface area contributed by atoms with Crippen LogP contribution in [0.1, 0.15) is 68.2 Å². The van der Waals surface area contributed by atoms with Crippen molar-refractivity contribution >= 4 is 47.0 Å². The highest BCUT2D eigenvalue weighted by Crippen LogP contribution is 2.48. The topological polar surface area (TPSA) is 261 Å². The van der Waals surface area contributed by atoms with Crippen LogP contribution in [0.4, 0.5) is 0 Å². The van der Waals surface area contributed by atoms with Crippen molar-refractivity contribution in [2.24, 2.45) is 0 Å². The van der Waals surface area contributed by atoms with Crippen molar-refractivity contribution in [3.05, 3.63) is 0 Å². The minimum atomic E-state index is -4.70. The molecule has 324 valence electrons. The summed E-state index contributed by atoms with van der Waals surface area (Å²) < 4.78 is 86.3. The van der Waals surface area contributed by atoms with Crippen LogP contribution in [0.5, 0.6) is 0 Å². The van der Waals surface area contributed by atoms with E-state index in [1.54, 1.807) is 13.8 Å². The minimum Gasteiger partial charge on any atom is -0.870 e. The van der Waals surface area contributed by atoms with E-state index in [1.807, 2.05) is 41.5 Å². The molecule has 2 bridgehead atoms. The summed E-state index contributed by atoms with van der Waals surface area (Å²) in [6, 6.07) is -2.79. The Kier molecular flexibility index (Phi) is 22.4. The molecule has 5 aliphatic heterocycles. The third-order valence-electron chi connectivity index (χ3n) is 8.55. The van der Waals surface area contributed by atoms with Crippen LogP contribution in [0.15, 0.2) is 0 Å². The Morgan fingerprint density at radius 1 is 0.754 bits per heavy atom. The third-order valence-corrected chi connectivity index (χ3v) is 10.5. The molecule has 57 heavy (non-hydrogen) atoms. The molecule has 0 aromatic rings. The van der Waals surface area contributed by atoms with E-state index in [9.17, 15) is 29.1 Å². The Labute approximate surface area is 341 Å². The first kappa shape index (κ1) is 53.2. The fourth-order valence-electron chi connectivity index (χ4n) is 6.07. The summed E-state index contributed by atoms with van der Waals surface area (Å²) in [5, 5.41) is 19.4. The highest BCUT2D eigenvalue weighted by Gasteiger charge is 2.49. The Balaban J connectivity index is 0.000000325. The number of hydrogen-bond acceptors (Lipinski definition) is 19. The Bertz CT molecular complexity index is 1260. The second-order valence-electron chi connectivity index (χ2n) is 15.0. The molecule has 0 amide bonds. The van der Waals surface area contributed by atoms with E-state index in [2.05, 4.69) is 4.52 Å². The van der Waals surface area contributed by atoms with Crippen LogP contribution in [0.3, 0.4) is 0 Å². The monoisotopic (exact) mass is 851 g/mol. The van der Waals surface area contributed by atoms with Crippen LogP contribution in [0.25, 0.3) is 0 Å². The normalized spacial score (nSPS) is 40.0. The molecule has 6 unspecified atom stereocenters. The molecular formula is C32H57B4O19P2-3. The van der Waals surface area contributed by atoms with Crippen LogP contribution in [0.2, 0.25) is 0 Å². The number of phosphoric ester groups is 2. The van der Waals surface area contributed by atoms with Crippen LogP contribution in [0, 0.1) is 0 Å². The third kappa shape index (κ3) is 17.7. The lowest BCUT2D eigenvalue weighted by Gasteiger charge is -2.30. The van der Waals surface area contributed by atoms with Gasteiger partial charge in [-0.3, -0.25) is 9.13 Å². The number of rotatable bonds is 15. The summed E-state index contributed by atoms with van der Waals surface area (Å²) in [6.07, 6.45) is -6.28. The van der Waals surface area contributed by atoms with E-state index < -0.39 is 95.2 Å². The number of fused-ring (bicyclic) bond motifs is 2. The lowest BCUT2D eigenvalue weighted by atomic mass is 9.93. The molecule has 25 heteroatoms. The average Bonchev–Trinajstić information content (AvgIpc) is 3.74. The number of hydrogen-bond donors (Lipinski definition) is 2. The second kappa shape index (κ2) is 24.0. The molecule has 5 fully saturated rings. The van der Waals surface area contributed by atoms with Crippen molar-refractivity contribution in [2.75, 3.05) is 26.4 Å². The molecule has 8 radical (unpaired) electrons. The average molecular weight is 851 g/mol. The molecule has 19 nitrogen and oxygen atoms in total. The molecule has 5 rings (SSSR count).